The standard InChI is InChI=1S/C20H22N2O2S2/c23-19(17-6-3-7-25-17)21-14-8-12-9-15(14)22(11-12)20(24)18-10-13-4-1-2-5-16(13)26-18/h3,6-7,10,12,14-15H,1-2,4-5,8-9,11H2,(H,21,23)/t12-,14+,15-/m1/s1. The first-order valence-corrected chi connectivity index (χ1v) is 11.2. The summed E-state index contributed by atoms with van der Waals surface area (Å²) in [6.45, 7) is 0.845. The van der Waals surface area contributed by atoms with E-state index < -0.39 is 0 Å². The Labute approximate surface area is 161 Å². The average molecular weight is 387 g/mol. The van der Waals surface area contributed by atoms with Crippen LogP contribution < -0.4 is 5.32 Å². The van der Waals surface area contributed by atoms with Gasteiger partial charge in [-0.2, -0.15) is 0 Å². The zero-order chi connectivity index (χ0) is 17.7. The molecule has 2 aromatic rings. The minimum Gasteiger partial charge on any atom is -0.347 e. The predicted molar refractivity (Wildman–Crippen MR) is 104 cm³/mol. The molecule has 3 atom stereocenters. The fourth-order valence-corrected chi connectivity index (χ4v) is 6.64. The van der Waals surface area contributed by atoms with Gasteiger partial charge in [0.25, 0.3) is 11.8 Å². The maximum atomic E-state index is 13.1. The number of nitrogens with zero attached hydrogens (tertiary/aromatic N) is 1. The molecule has 136 valence electrons. The van der Waals surface area contributed by atoms with Crippen molar-refractivity contribution in [3.8, 4) is 0 Å². The van der Waals surface area contributed by atoms with Crippen LogP contribution in [0.1, 0.15) is 55.5 Å². The Morgan fingerprint density at radius 1 is 1.15 bits per heavy atom. The molecule has 2 fully saturated rings. The van der Waals surface area contributed by atoms with Crippen LogP contribution in [-0.2, 0) is 12.8 Å². The molecule has 3 heterocycles. The van der Waals surface area contributed by atoms with Crippen LogP contribution in [0.4, 0.5) is 0 Å². The molecular weight excluding hydrogens is 364 g/mol. The first-order valence-electron chi connectivity index (χ1n) is 9.46. The lowest BCUT2D eigenvalue weighted by atomic mass is 9.99. The van der Waals surface area contributed by atoms with E-state index in [0.29, 0.717) is 5.92 Å². The predicted octanol–water partition coefficient (Wildman–Crippen LogP) is 3.72. The topological polar surface area (TPSA) is 49.4 Å². The minimum absolute atomic E-state index is 0.00321. The second kappa shape index (κ2) is 6.50. The zero-order valence-corrected chi connectivity index (χ0v) is 16.2. The van der Waals surface area contributed by atoms with Crippen LogP contribution in [0.25, 0.3) is 0 Å². The summed E-state index contributed by atoms with van der Waals surface area (Å²) < 4.78 is 0. The van der Waals surface area contributed by atoms with Gasteiger partial charge in [-0.1, -0.05) is 6.07 Å². The monoisotopic (exact) mass is 386 g/mol. The largest absolute Gasteiger partial charge is 0.347 e. The Hall–Kier alpha value is -1.66. The van der Waals surface area contributed by atoms with E-state index >= 15 is 0 Å². The number of thiophene rings is 2. The maximum absolute atomic E-state index is 13.1. The number of rotatable bonds is 3. The van der Waals surface area contributed by atoms with Gasteiger partial charge in [-0.3, -0.25) is 9.59 Å². The number of hydrogen-bond donors (Lipinski definition) is 1. The van der Waals surface area contributed by atoms with Gasteiger partial charge >= 0.3 is 0 Å². The Morgan fingerprint density at radius 2 is 2.04 bits per heavy atom. The molecule has 0 aromatic carbocycles. The van der Waals surface area contributed by atoms with E-state index in [9.17, 15) is 9.59 Å². The fraction of sp³-hybridized carbons (Fsp3) is 0.500. The van der Waals surface area contributed by atoms with Crippen LogP contribution in [0, 0.1) is 5.92 Å². The van der Waals surface area contributed by atoms with Crippen LogP contribution in [0.15, 0.2) is 23.6 Å². The van der Waals surface area contributed by atoms with Crippen LogP contribution in [0.2, 0.25) is 0 Å². The highest BCUT2D eigenvalue weighted by atomic mass is 32.1. The summed E-state index contributed by atoms with van der Waals surface area (Å²) in [6.07, 6.45) is 6.73. The first-order chi connectivity index (χ1) is 12.7. The van der Waals surface area contributed by atoms with Crippen LogP contribution in [0.5, 0.6) is 0 Å². The van der Waals surface area contributed by atoms with E-state index in [1.807, 2.05) is 22.4 Å². The molecule has 0 unspecified atom stereocenters. The SMILES string of the molecule is O=C(N[C@H]1C[C@@H]2C[C@H]1N(C(=O)c1cc3c(s1)CCCC3)C2)c1cccs1. The van der Waals surface area contributed by atoms with E-state index in [2.05, 4.69) is 11.4 Å². The van der Waals surface area contributed by atoms with Gasteiger partial charge in [-0.05, 0) is 67.5 Å². The fourth-order valence-electron chi connectivity index (χ4n) is 4.80. The van der Waals surface area contributed by atoms with Gasteiger partial charge in [0.2, 0.25) is 0 Å². The van der Waals surface area contributed by atoms with Crippen LogP contribution >= 0.6 is 22.7 Å². The van der Waals surface area contributed by atoms with Crippen LogP contribution in [-0.4, -0.2) is 35.3 Å². The number of carbonyl (C=O) groups excluding carboxylic acids is 2. The molecule has 26 heavy (non-hydrogen) atoms. The number of amides is 2. The van der Waals surface area contributed by atoms with Gasteiger partial charge in [-0.25, -0.2) is 0 Å². The van der Waals surface area contributed by atoms with Crippen molar-refractivity contribution in [3.05, 3.63) is 43.8 Å². The van der Waals surface area contributed by atoms with Crippen molar-refractivity contribution >= 4 is 34.5 Å². The molecule has 0 radical (unpaired) electrons. The number of piperidine rings is 1. The van der Waals surface area contributed by atoms with Gasteiger partial charge in [-0.15, -0.1) is 22.7 Å². The highest BCUT2D eigenvalue weighted by molar-refractivity contribution is 7.14. The second-order valence-corrected chi connectivity index (χ2v) is 9.77. The summed E-state index contributed by atoms with van der Waals surface area (Å²) in [4.78, 5) is 30.6. The summed E-state index contributed by atoms with van der Waals surface area (Å²) >= 11 is 3.16. The molecule has 4 nitrogen and oxygen atoms in total. The number of fused-ring (bicyclic) bond motifs is 3. The zero-order valence-electron chi connectivity index (χ0n) is 14.6. The highest BCUT2D eigenvalue weighted by Crippen LogP contribution is 2.40. The van der Waals surface area contributed by atoms with Crippen molar-refractivity contribution in [3.63, 3.8) is 0 Å². The number of hydrogen-bond acceptors (Lipinski definition) is 4. The van der Waals surface area contributed by atoms with Gasteiger partial charge in [0.15, 0.2) is 0 Å². The molecular formula is C20H22N2O2S2. The summed E-state index contributed by atoms with van der Waals surface area (Å²) in [5.74, 6) is 0.690. The van der Waals surface area contributed by atoms with Crippen molar-refractivity contribution in [1.82, 2.24) is 10.2 Å². The molecule has 6 heteroatoms. The smallest absolute Gasteiger partial charge is 0.264 e. The average Bonchev–Trinajstić information content (AvgIpc) is 3.43. The molecule has 1 saturated carbocycles. The van der Waals surface area contributed by atoms with Crippen molar-refractivity contribution < 1.29 is 9.59 Å². The summed E-state index contributed by atoms with van der Waals surface area (Å²) in [7, 11) is 0. The molecule has 3 aliphatic rings. The lowest BCUT2D eigenvalue weighted by Crippen LogP contribution is -2.51. The minimum atomic E-state index is -0.00321. The third-order valence-corrected chi connectivity index (χ3v) is 8.11. The third kappa shape index (κ3) is 2.79. The first kappa shape index (κ1) is 16.5. The quantitative estimate of drug-likeness (QED) is 0.874. The Kier molecular flexibility index (Phi) is 4.13. The van der Waals surface area contributed by atoms with Crippen molar-refractivity contribution in [2.75, 3.05) is 6.54 Å². The normalized spacial score (nSPS) is 26.8. The van der Waals surface area contributed by atoms with Gasteiger partial charge < -0.3 is 10.2 Å². The Balaban J connectivity index is 1.31. The van der Waals surface area contributed by atoms with Crippen LogP contribution in [0.3, 0.4) is 0 Å². The summed E-state index contributed by atoms with van der Waals surface area (Å²) in [5, 5.41) is 5.10. The molecule has 2 aromatic heterocycles. The van der Waals surface area contributed by atoms with E-state index in [1.165, 1.54) is 34.6 Å². The maximum Gasteiger partial charge on any atom is 0.264 e. The van der Waals surface area contributed by atoms with Crippen molar-refractivity contribution in [2.24, 2.45) is 5.92 Å². The lowest BCUT2D eigenvalue weighted by Gasteiger charge is -2.33. The van der Waals surface area contributed by atoms with Crippen molar-refractivity contribution in [1.29, 1.82) is 0 Å². The Bertz CT molecular complexity index is 819. The number of carbonyl (C=O) groups is 2. The van der Waals surface area contributed by atoms with Gasteiger partial charge in [0.05, 0.1) is 15.8 Å². The molecule has 5 rings (SSSR count). The van der Waals surface area contributed by atoms with E-state index in [4.69, 9.17) is 0 Å². The van der Waals surface area contributed by atoms with Crippen molar-refractivity contribution in [2.45, 2.75) is 50.6 Å². The van der Waals surface area contributed by atoms with E-state index in [0.717, 1.165) is 42.0 Å². The summed E-state index contributed by atoms with van der Waals surface area (Å²) in [6, 6.07) is 6.12. The number of likely N-dealkylation sites (tertiary alicyclic amines) is 1. The van der Waals surface area contributed by atoms with E-state index in [1.54, 1.807) is 11.3 Å². The molecule has 2 bridgehead atoms. The third-order valence-electron chi connectivity index (χ3n) is 6.01. The number of aryl methyl sites for hydroxylation is 2. The van der Waals surface area contributed by atoms with E-state index in [-0.39, 0.29) is 23.9 Å². The molecule has 1 N–H and O–H groups in total. The van der Waals surface area contributed by atoms with Gasteiger partial charge in [0, 0.05) is 17.5 Å². The molecule has 0 spiro atoms. The Morgan fingerprint density at radius 3 is 2.81 bits per heavy atom. The molecule has 2 amide bonds. The van der Waals surface area contributed by atoms with Gasteiger partial charge in [0.1, 0.15) is 0 Å². The molecule has 1 aliphatic heterocycles. The number of nitrogens with one attached hydrogen (secondary N) is 1. The summed E-state index contributed by atoms with van der Waals surface area (Å²) in [5.41, 5.74) is 1.39. The molecule has 2 aliphatic carbocycles. The highest BCUT2D eigenvalue weighted by Gasteiger charge is 2.47. The molecule has 1 saturated heterocycles. The second-order valence-electron chi connectivity index (χ2n) is 7.69. The lowest BCUT2D eigenvalue weighted by molar-refractivity contribution is 0.0653.